The number of nitrogens with one attached hydrogen (secondary N) is 1. The summed E-state index contributed by atoms with van der Waals surface area (Å²) in [7, 11) is 1.61. The number of carbonyl (C=O) groups excluding carboxylic acids is 1. The first kappa shape index (κ1) is 15.5. The second-order valence-corrected chi connectivity index (χ2v) is 5.70. The van der Waals surface area contributed by atoms with E-state index < -0.39 is 0 Å². The maximum atomic E-state index is 11.9. The fraction of sp³-hybridized carbons (Fsp3) is 0.533. The Labute approximate surface area is 115 Å². The first-order valence-corrected chi connectivity index (χ1v) is 6.47. The molecule has 0 aliphatic carbocycles. The molecular formula is C15H24N2O2. The van der Waals surface area contributed by atoms with Crippen molar-refractivity contribution in [1.29, 1.82) is 0 Å². The molecule has 0 heterocycles. The molecule has 0 spiro atoms. The predicted molar refractivity (Wildman–Crippen MR) is 78.6 cm³/mol. The van der Waals surface area contributed by atoms with Crippen molar-refractivity contribution in [3.63, 3.8) is 0 Å². The van der Waals surface area contributed by atoms with Crippen LogP contribution >= 0.6 is 0 Å². The van der Waals surface area contributed by atoms with Gasteiger partial charge in [0.2, 0.25) is 5.91 Å². The van der Waals surface area contributed by atoms with E-state index in [1.54, 1.807) is 7.11 Å². The molecule has 0 saturated heterocycles. The highest BCUT2D eigenvalue weighted by Crippen LogP contribution is 2.30. The van der Waals surface area contributed by atoms with Crippen LogP contribution in [0, 0.1) is 13.8 Å². The number of hydrogen-bond acceptors (Lipinski definition) is 3. The number of benzene rings is 1. The number of nitrogens with two attached hydrogens (primary N) is 1. The zero-order valence-corrected chi connectivity index (χ0v) is 12.5. The fourth-order valence-corrected chi connectivity index (χ4v) is 1.97. The third-order valence-electron chi connectivity index (χ3n) is 2.89. The summed E-state index contributed by atoms with van der Waals surface area (Å²) in [6, 6.07) is 3.94. The standard InChI is InChI=1S/C15H24N2O2/c1-10-8-11(2)14(19-5)12(9-10)17-13(18)6-7-15(3,4)16/h8-9H,6-7,16H2,1-5H3,(H,17,18). The molecule has 0 radical (unpaired) electrons. The number of aryl methyl sites for hydroxylation is 2. The van der Waals surface area contributed by atoms with Crippen molar-refractivity contribution in [3.8, 4) is 5.75 Å². The van der Waals surface area contributed by atoms with Crippen LogP contribution in [-0.2, 0) is 4.79 Å². The largest absolute Gasteiger partial charge is 0.494 e. The molecule has 1 rings (SSSR count). The lowest BCUT2D eigenvalue weighted by Crippen LogP contribution is -2.33. The summed E-state index contributed by atoms with van der Waals surface area (Å²) in [6.07, 6.45) is 1.05. The van der Waals surface area contributed by atoms with E-state index in [1.807, 2.05) is 39.8 Å². The number of amides is 1. The van der Waals surface area contributed by atoms with E-state index in [4.69, 9.17) is 10.5 Å². The van der Waals surface area contributed by atoms with Gasteiger partial charge in [0.05, 0.1) is 12.8 Å². The molecule has 0 fully saturated rings. The molecule has 0 atom stereocenters. The molecule has 19 heavy (non-hydrogen) atoms. The summed E-state index contributed by atoms with van der Waals surface area (Å²) in [4.78, 5) is 11.9. The van der Waals surface area contributed by atoms with E-state index in [-0.39, 0.29) is 11.4 Å². The molecule has 4 heteroatoms. The van der Waals surface area contributed by atoms with Crippen molar-refractivity contribution in [3.05, 3.63) is 23.3 Å². The van der Waals surface area contributed by atoms with E-state index >= 15 is 0 Å². The Morgan fingerprint density at radius 1 is 1.37 bits per heavy atom. The molecule has 0 bridgehead atoms. The third kappa shape index (κ3) is 4.91. The van der Waals surface area contributed by atoms with Crippen LogP contribution in [0.15, 0.2) is 12.1 Å². The van der Waals surface area contributed by atoms with Crippen molar-refractivity contribution in [2.45, 2.75) is 46.1 Å². The molecule has 0 saturated carbocycles. The van der Waals surface area contributed by atoms with Crippen molar-refractivity contribution in [2.24, 2.45) is 5.73 Å². The Hall–Kier alpha value is -1.55. The van der Waals surface area contributed by atoms with Crippen LogP contribution in [-0.4, -0.2) is 18.6 Å². The molecule has 0 unspecified atom stereocenters. The lowest BCUT2D eigenvalue weighted by atomic mass is 10.00. The van der Waals surface area contributed by atoms with Crippen molar-refractivity contribution in [2.75, 3.05) is 12.4 Å². The smallest absolute Gasteiger partial charge is 0.224 e. The van der Waals surface area contributed by atoms with Crippen molar-refractivity contribution >= 4 is 11.6 Å². The van der Waals surface area contributed by atoms with Crippen LogP contribution in [0.3, 0.4) is 0 Å². The van der Waals surface area contributed by atoms with Crippen LogP contribution in [0.2, 0.25) is 0 Å². The summed E-state index contributed by atoms with van der Waals surface area (Å²) >= 11 is 0. The van der Waals surface area contributed by atoms with Crippen LogP contribution in [0.5, 0.6) is 5.75 Å². The summed E-state index contributed by atoms with van der Waals surface area (Å²) in [5, 5.41) is 2.90. The molecule has 3 N–H and O–H groups in total. The molecular weight excluding hydrogens is 240 g/mol. The van der Waals surface area contributed by atoms with E-state index in [2.05, 4.69) is 5.32 Å². The Morgan fingerprint density at radius 3 is 2.53 bits per heavy atom. The second kappa shape index (κ2) is 6.06. The zero-order chi connectivity index (χ0) is 14.6. The van der Waals surface area contributed by atoms with Gasteiger partial charge in [0.15, 0.2) is 0 Å². The number of methoxy groups -OCH3 is 1. The van der Waals surface area contributed by atoms with Gasteiger partial charge >= 0.3 is 0 Å². The summed E-state index contributed by atoms with van der Waals surface area (Å²) in [5.41, 5.74) is 8.37. The number of anilines is 1. The first-order chi connectivity index (χ1) is 8.73. The van der Waals surface area contributed by atoms with Gasteiger partial charge in [0.1, 0.15) is 5.75 Å². The van der Waals surface area contributed by atoms with Crippen LogP contribution in [0.25, 0.3) is 0 Å². The van der Waals surface area contributed by atoms with E-state index in [0.29, 0.717) is 18.6 Å². The van der Waals surface area contributed by atoms with E-state index in [9.17, 15) is 4.79 Å². The molecule has 1 amide bonds. The molecule has 1 aromatic rings. The number of ether oxygens (including phenoxy) is 1. The fourth-order valence-electron chi connectivity index (χ4n) is 1.97. The first-order valence-electron chi connectivity index (χ1n) is 6.47. The van der Waals surface area contributed by atoms with E-state index in [1.165, 1.54) is 0 Å². The minimum atomic E-state index is -0.329. The van der Waals surface area contributed by atoms with Crippen LogP contribution in [0.4, 0.5) is 5.69 Å². The molecule has 4 nitrogen and oxygen atoms in total. The molecule has 106 valence electrons. The van der Waals surface area contributed by atoms with Gasteiger partial charge in [-0.3, -0.25) is 4.79 Å². The van der Waals surface area contributed by atoms with Crippen molar-refractivity contribution < 1.29 is 9.53 Å². The van der Waals surface area contributed by atoms with Crippen molar-refractivity contribution in [1.82, 2.24) is 0 Å². The highest BCUT2D eigenvalue weighted by molar-refractivity contribution is 5.92. The highest BCUT2D eigenvalue weighted by atomic mass is 16.5. The Bertz CT molecular complexity index is 462. The average Bonchev–Trinajstić information content (AvgIpc) is 2.25. The normalized spacial score (nSPS) is 11.3. The molecule has 0 aliphatic rings. The van der Waals surface area contributed by atoms with Gasteiger partial charge in [-0.05, 0) is 51.3 Å². The maximum Gasteiger partial charge on any atom is 0.224 e. The molecule has 0 aromatic heterocycles. The Morgan fingerprint density at radius 2 is 2.00 bits per heavy atom. The minimum absolute atomic E-state index is 0.0400. The summed E-state index contributed by atoms with van der Waals surface area (Å²) in [6.45, 7) is 7.78. The minimum Gasteiger partial charge on any atom is -0.494 e. The Kier molecular flexibility index (Phi) is 4.95. The van der Waals surface area contributed by atoms with Gasteiger partial charge in [0.25, 0.3) is 0 Å². The second-order valence-electron chi connectivity index (χ2n) is 5.70. The SMILES string of the molecule is COc1c(C)cc(C)cc1NC(=O)CCC(C)(C)N. The lowest BCUT2D eigenvalue weighted by Gasteiger charge is -2.18. The van der Waals surface area contributed by atoms with Crippen LogP contribution in [0.1, 0.15) is 37.8 Å². The number of hydrogen-bond donors (Lipinski definition) is 2. The van der Waals surface area contributed by atoms with Gasteiger partial charge in [-0.2, -0.15) is 0 Å². The topological polar surface area (TPSA) is 64.3 Å². The number of rotatable bonds is 5. The van der Waals surface area contributed by atoms with Gasteiger partial charge in [-0.25, -0.2) is 0 Å². The summed E-state index contributed by atoms with van der Waals surface area (Å²) in [5.74, 6) is 0.674. The van der Waals surface area contributed by atoms with Gasteiger partial charge in [0, 0.05) is 12.0 Å². The van der Waals surface area contributed by atoms with Gasteiger partial charge in [-0.15, -0.1) is 0 Å². The highest BCUT2D eigenvalue weighted by Gasteiger charge is 2.15. The maximum absolute atomic E-state index is 11.9. The van der Waals surface area contributed by atoms with E-state index in [0.717, 1.165) is 16.8 Å². The van der Waals surface area contributed by atoms with Gasteiger partial charge in [-0.1, -0.05) is 6.07 Å². The molecule has 0 aliphatic heterocycles. The average molecular weight is 264 g/mol. The Balaban J connectivity index is 2.79. The van der Waals surface area contributed by atoms with Crippen LogP contribution < -0.4 is 15.8 Å². The molecule has 1 aromatic carbocycles. The summed E-state index contributed by atoms with van der Waals surface area (Å²) < 4.78 is 5.34. The predicted octanol–water partition coefficient (Wildman–Crippen LogP) is 2.77. The lowest BCUT2D eigenvalue weighted by molar-refractivity contribution is -0.116. The number of carbonyl (C=O) groups is 1. The zero-order valence-electron chi connectivity index (χ0n) is 12.5. The monoisotopic (exact) mass is 264 g/mol. The quantitative estimate of drug-likeness (QED) is 0.859. The van der Waals surface area contributed by atoms with Gasteiger partial charge < -0.3 is 15.8 Å². The third-order valence-corrected chi connectivity index (χ3v) is 2.89.